The van der Waals surface area contributed by atoms with Crippen LogP contribution in [0.5, 0.6) is 5.75 Å². The Kier molecular flexibility index (Phi) is 5.43. The van der Waals surface area contributed by atoms with E-state index in [1.807, 2.05) is 18.2 Å². The lowest BCUT2D eigenvalue weighted by Crippen LogP contribution is -2.15. The molecular weight excluding hydrogens is 328 g/mol. The smallest absolute Gasteiger partial charge is 0.274 e. The quantitative estimate of drug-likeness (QED) is 0.711. The molecule has 0 saturated heterocycles. The predicted octanol–water partition coefficient (Wildman–Crippen LogP) is 3.66. The molecule has 6 nitrogen and oxygen atoms in total. The highest BCUT2D eigenvalue weighted by Gasteiger charge is 2.09. The van der Waals surface area contributed by atoms with Crippen LogP contribution in [-0.4, -0.2) is 23.0 Å². The van der Waals surface area contributed by atoms with Crippen LogP contribution >= 0.6 is 0 Å². The summed E-state index contributed by atoms with van der Waals surface area (Å²) in [6.07, 6.45) is 1.57. The highest BCUT2D eigenvalue weighted by molar-refractivity contribution is 6.02. The normalized spacial score (nSPS) is 10.2. The third-order valence-corrected chi connectivity index (χ3v) is 3.93. The summed E-state index contributed by atoms with van der Waals surface area (Å²) in [6.45, 7) is 2.65. The maximum atomic E-state index is 12.4. The Morgan fingerprint density at radius 1 is 1.08 bits per heavy atom. The molecule has 0 saturated carbocycles. The average Bonchev–Trinajstić information content (AvgIpc) is 2.68. The van der Waals surface area contributed by atoms with Crippen molar-refractivity contribution < 1.29 is 9.53 Å². The number of amides is 1. The summed E-state index contributed by atoms with van der Waals surface area (Å²) in [5, 5.41) is 5.96. The SMILES string of the molecule is COc1ccc(NC(=O)c2ccnc(NCc3ccccc3C)n2)cc1. The van der Waals surface area contributed by atoms with Gasteiger partial charge in [-0.2, -0.15) is 0 Å². The number of methoxy groups -OCH3 is 1. The second kappa shape index (κ2) is 8.11. The number of aromatic nitrogens is 2. The van der Waals surface area contributed by atoms with Crippen molar-refractivity contribution in [1.82, 2.24) is 9.97 Å². The third-order valence-electron chi connectivity index (χ3n) is 3.93. The number of carbonyl (C=O) groups excluding carboxylic acids is 1. The molecule has 3 aromatic rings. The number of nitrogens with one attached hydrogen (secondary N) is 2. The molecule has 0 spiro atoms. The largest absolute Gasteiger partial charge is 0.497 e. The molecule has 0 radical (unpaired) electrons. The number of hydrogen-bond acceptors (Lipinski definition) is 5. The second-order valence-electron chi connectivity index (χ2n) is 5.73. The summed E-state index contributed by atoms with van der Waals surface area (Å²) < 4.78 is 5.10. The van der Waals surface area contributed by atoms with E-state index in [-0.39, 0.29) is 5.91 Å². The molecule has 3 rings (SSSR count). The summed E-state index contributed by atoms with van der Waals surface area (Å²) in [5.74, 6) is 0.847. The number of hydrogen-bond donors (Lipinski definition) is 2. The molecule has 0 bridgehead atoms. The first-order chi connectivity index (χ1) is 12.7. The molecule has 1 heterocycles. The van der Waals surface area contributed by atoms with Crippen molar-refractivity contribution in [1.29, 1.82) is 0 Å². The van der Waals surface area contributed by atoms with E-state index in [4.69, 9.17) is 4.74 Å². The molecule has 0 aliphatic rings. The maximum absolute atomic E-state index is 12.4. The lowest BCUT2D eigenvalue weighted by molar-refractivity contribution is 0.102. The van der Waals surface area contributed by atoms with Crippen LogP contribution in [-0.2, 0) is 6.54 Å². The van der Waals surface area contributed by atoms with E-state index in [1.165, 1.54) is 5.56 Å². The molecule has 0 atom stereocenters. The average molecular weight is 348 g/mol. The van der Waals surface area contributed by atoms with Gasteiger partial charge in [0.25, 0.3) is 5.91 Å². The molecule has 1 aromatic heterocycles. The molecule has 1 amide bonds. The van der Waals surface area contributed by atoms with E-state index in [0.29, 0.717) is 23.9 Å². The lowest BCUT2D eigenvalue weighted by atomic mass is 10.1. The highest BCUT2D eigenvalue weighted by atomic mass is 16.5. The van der Waals surface area contributed by atoms with E-state index in [2.05, 4.69) is 33.6 Å². The fourth-order valence-corrected chi connectivity index (χ4v) is 2.42. The van der Waals surface area contributed by atoms with Gasteiger partial charge < -0.3 is 15.4 Å². The van der Waals surface area contributed by atoms with Crippen LogP contribution < -0.4 is 15.4 Å². The van der Waals surface area contributed by atoms with Crippen LogP contribution in [0.2, 0.25) is 0 Å². The van der Waals surface area contributed by atoms with Crippen LogP contribution in [0.4, 0.5) is 11.6 Å². The zero-order chi connectivity index (χ0) is 18.4. The Labute approximate surface area is 152 Å². The Morgan fingerprint density at radius 2 is 1.85 bits per heavy atom. The molecule has 2 aromatic carbocycles. The minimum Gasteiger partial charge on any atom is -0.497 e. The fourth-order valence-electron chi connectivity index (χ4n) is 2.42. The summed E-state index contributed by atoms with van der Waals surface area (Å²) in [7, 11) is 1.60. The van der Waals surface area contributed by atoms with Gasteiger partial charge in [-0.1, -0.05) is 24.3 Å². The Balaban J connectivity index is 1.66. The maximum Gasteiger partial charge on any atom is 0.274 e. The van der Waals surface area contributed by atoms with Gasteiger partial charge in [-0.25, -0.2) is 9.97 Å². The van der Waals surface area contributed by atoms with Gasteiger partial charge in [-0.15, -0.1) is 0 Å². The van der Waals surface area contributed by atoms with Gasteiger partial charge in [0.05, 0.1) is 7.11 Å². The zero-order valence-electron chi connectivity index (χ0n) is 14.7. The minimum absolute atomic E-state index is 0.295. The molecule has 2 N–H and O–H groups in total. The first kappa shape index (κ1) is 17.4. The van der Waals surface area contributed by atoms with E-state index in [0.717, 1.165) is 11.3 Å². The standard InChI is InChI=1S/C20H20N4O2/c1-14-5-3-4-6-15(14)13-22-20-21-12-11-18(24-20)19(25)23-16-7-9-17(26-2)10-8-16/h3-12H,13H2,1-2H3,(H,23,25)(H,21,22,24). The van der Waals surface area contributed by atoms with Crippen LogP contribution in [0.3, 0.4) is 0 Å². The highest BCUT2D eigenvalue weighted by Crippen LogP contribution is 2.16. The van der Waals surface area contributed by atoms with Gasteiger partial charge in [0.2, 0.25) is 5.95 Å². The number of ether oxygens (including phenoxy) is 1. The Morgan fingerprint density at radius 3 is 2.58 bits per heavy atom. The molecular formula is C20H20N4O2. The third kappa shape index (κ3) is 4.36. The molecule has 132 valence electrons. The van der Waals surface area contributed by atoms with Crippen molar-refractivity contribution >= 4 is 17.5 Å². The van der Waals surface area contributed by atoms with Crippen molar-refractivity contribution in [2.45, 2.75) is 13.5 Å². The van der Waals surface area contributed by atoms with Gasteiger partial charge in [-0.3, -0.25) is 4.79 Å². The van der Waals surface area contributed by atoms with Crippen LogP contribution in [0, 0.1) is 6.92 Å². The Hall–Kier alpha value is -3.41. The van der Waals surface area contributed by atoms with Gasteiger partial charge in [-0.05, 0) is 48.4 Å². The number of carbonyl (C=O) groups is 1. The zero-order valence-corrected chi connectivity index (χ0v) is 14.7. The number of anilines is 2. The molecule has 6 heteroatoms. The Bertz CT molecular complexity index is 894. The van der Waals surface area contributed by atoms with Gasteiger partial charge in [0.15, 0.2) is 0 Å². The van der Waals surface area contributed by atoms with Crippen LogP contribution in [0.1, 0.15) is 21.6 Å². The fraction of sp³-hybridized carbons (Fsp3) is 0.150. The van der Waals surface area contributed by atoms with E-state index >= 15 is 0 Å². The van der Waals surface area contributed by atoms with Crippen molar-refractivity contribution in [3.05, 3.63) is 77.6 Å². The van der Waals surface area contributed by atoms with Crippen molar-refractivity contribution in [3.8, 4) is 5.75 Å². The van der Waals surface area contributed by atoms with E-state index in [9.17, 15) is 4.79 Å². The first-order valence-corrected chi connectivity index (χ1v) is 8.22. The van der Waals surface area contributed by atoms with E-state index in [1.54, 1.807) is 43.6 Å². The van der Waals surface area contributed by atoms with Crippen LogP contribution in [0.15, 0.2) is 60.8 Å². The summed E-state index contributed by atoms with van der Waals surface area (Å²) in [4.78, 5) is 20.9. The first-order valence-electron chi connectivity index (χ1n) is 8.22. The lowest BCUT2D eigenvalue weighted by Gasteiger charge is -2.09. The van der Waals surface area contributed by atoms with Gasteiger partial charge >= 0.3 is 0 Å². The second-order valence-corrected chi connectivity index (χ2v) is 5.73. The minimum atomic E-state index is -0.295. The summed E-state index contributed by atoms with van der Waals surface area (Å²) in [5.41, 5.74) is 3.31. The van der Waals surface area contributed by atoms with Crippen LogP contribution in [0.25, 0.3) is 0 Å². The molecule has 0 aliphatic heterocycles. The molecule has 0 unspecified atom stereocenters. The number of benzene rings is 2. The van der Waals surface area contributed by atoms with Gasteiger partial charge in [0, 0.05) is 18.4 Å². The topological polar surface area (TPSA) is 76.1 Å². The number of rotatable bonds is 6. The van der Waals surface area contributed by atoms with Crippen molar-refractivity contribution in [2.24, 2.45) is 0 Å². The van der Waals surface area contributed by atoms with Crippen molar-refractivity contribution in [3.63, 3.8) is 0 Å². The summed E-state index contributed by atoms with van der Waals surface area (Å²) in [6, 6.07) is 16.8. The monoisotopic (exact) mass is 348 g/mol. The summed E-state index contributed by atoms with van der Waals surface area (Å²) >= 11 is 0. The molecule has 26 heavy (non-hydrogen) atoms. The number of aryl methyl sites for hydroxylation is 1. The predicted molar refractivity (Wildman–Crippen MR) is 101 cm³/mol. The van der Waals surface area contributed by atoms with Gasteiger partial charge in [0.1, 0.15) is 11.4 Å². The van der Waals surface area contributed by atoms with Crippen molar-refractivity contribution in [2.75, 3.05) is 17.7 Å². The molecule has 0 aliphatic carbocycles. The molecule has 0 fully saturated rings. The number of nitrogens with zero attached hydrogens (tertiary/aromatic N) is 2. The van der Waals surface area contributed by atoms with E-state index < -0.39 is 0 Å².